The van der Waals surface area contributed by atoms with E-state index < -0.39 is 0 Å². The van der Waals surface area contributed by atoms with Crippen molar-refractivity contribution in [2.45, 2.75) is 32.2 Å². The van der Waals surface area contributed by atoms with Crippen LogP contribution in [0.3, 0.4) is 0 Å². The van der Waals surface area contributed by atoms with Crippen LogP contribution in [0.4, 0.5) is 0 Å². The van der Waals surface area contributed by atoms with Gasteiger partial charge in [-0.1, -0.05) is 18.3 Å². The van der Waals surface area contributed by atoms with Gasteiger partial charge in [0.05, 0.1) is 23.1 Å². The van der Waals surface area contributed by atoms with Gasteiger partial charge in [0, 0.05) is 6.04 Å². The summed E-state index contributed by atoms with van der Waals surface area (Å²) in [4.78, 5) is 1.23. The summed E-state index contributed by atoms with van der Waals surface area (Å²) in [5, 5.41) is 7.55. The zero-order valence-corrected chi connectivity index (χ0v) is 11.1. The van der Waals surface area contributed by atoms with E-state index in [4.69, 9.17) is 4.42 Å². The predicted molar refractivity (Wildman–Crippen MR) is 68.2 cm³/mol. The molecule has 17 heavy (non-hydrogen) atoms. The van der Waals surface area contributed by atoms with Crippen molar-refractivity contribution >= 4 is 11.5 Å². The third-order valence-corrected chi connectivity index (χ3v) is 3.63. The van der Waals surface area contributed by atoms with Crippen molar-refractivity contribution in [1.29, 1.82) is 0 Å². The average Bonchev–Trinajstić information content (AvgIpc) is 2.96. The molecule has 0 aliphatic rings. The second-order valence-corrected chi connectivity index (χ2v) is 5.14. The van der Waals surface area contributed by atoms with Gasteiger partial charge in [0.15, 0.2) is 0 Å². The number of hydrogen-bond acceptors (Lipinski definition) is 5. The number of nitrogens with one attached hydrogen (secondary N) is 1. The van der Waals surface area contributed by atoms with E-state index in [1.165, 1.54) is 22.0 Å². The minimum atomic E-state index is 0.255. The van der Waals surface area contributed by atoms with Crippen molar-refractivity contribution < 1.29 is 4.42 Å². The summed E-state index contributed by atoms with van der Waals surface area (Å²) < 4.78 is 9.17. The third kappa shape index (κ3) is 2.73. The summed E-state index contributed by atoms with van der Waals surface area (Å²) in [6, 6.07) is 2.25. The highest BCUT2D eigenvalue weighted by Gasteiger charge is 2.20. The number of likely N-dealkylation sites (N-methyl/N-ethyl adjacent to an activating group) is 1. The molecule has 0 aliphatic heterocycles. The minimum absolute atomic E-state index is 0.255. The zero-order chi connectivity index (χ0) is 12.3. The fourth-order valence-corrected chi connectivity index (χ4v) is 2.73. The Morgan fingerprint density at radius 1 is 1.47 bits per heavy atom. The molecule has 0 radical (unpaired) electrons. The smallest absolute Gasteiger partial charge is 0.0935 e. The van der Waals surface area contributed by atoms with E-state index >= 15 is 0 Å². The first kappa shape index (κ1) is 12.3. The van der Waals surface area contributed by atoms with E-state index in [-0.39, 0.29) is 6.04 Å². The Bertz CT molecular complexity index is 450. The summed E-state index contributed by atoms with van der Waals surface area (Å²) in [6.07, 6.45) is 4.39. The molecular weight excluding hydrogens is 234 g/mol. The van der Waals surface area contributed by atoms with Crippen LogP contribution in [0, 0.1) is 0 Å². The Labute approximate surface area is 105 Å². The molecule has 2 aromatic heterocycles. The Hall–Kier alpha value is -1.20. The van der Waals surface area contributed by atoms with Crippen molar-refractivity contribution in [2.24, 2.45) is 0 Å². The molecule has 1 unspecified atom stereocenters. The van der Waals surface area contributed by atoms with Crippen molar-refractivity contribution in [2.75, 3.05) is 7.05 Å². The van der Waals surface area contributed by atoms with Crippen LogP contribution in [-0.4, -0.2) is 16.6 Å². The van der Waals surface area contributed by atoms with Gasteiger partial charge in [-0.15, -0.1) is 5.10 Å². The molecule has 0 saturated carbocycles. The maximum atomic E-state index is 5.10. The van der Waals surface area contributed by atoms with E-state index in [1.807, 2.05) is 13.1 Å². The predicted octanol–water partition coefficient (Wildman–Crippen LogP) is 2.76. The topological polar surface area (TPSA) is 51.0 Å². The number of furan rings is 1. The van der Waals surface area contributed by atoms with Crippen LogP contribution in [0.15, 0.2) is 23.0 Å². The lowest BCUT2D eigenvalue weighted by atomic mass is 10.0. The number of rotatable bonds is 5. The van der Waals surface area contributed by atoms with Gasteiger partial charge in [0.25, 0.3) is 0 Å². The van der Waals surface area contributed by atoms with Gasteiger partial charge in [-0.05, 0) is 42.5 Å². The highest BCUT2D eigenvalue weighted by molar-refractivity contribution is 7.05. The highest BCUT2D eigenvalue weighted by atomic mass is 32.1. The molecule has 0 aliphatic carbocycles. The molecule has 2 aromatic rings. The summed E-state index contributed by atoms with van der Waals surface area (Å²) in [6.45, 7) is 4.29. The lowest BCUT2D eigenvalue weighted by Crippen LogP contribution is -2.19. The number of hydrogen-bond donors (Lipinski definition) is 1. The number of nitrogens with zero attached hydrogens (tertiary/aromatic N) is 2. The van der Waals surface area contributed by atoms with Crippen LogP contribution in [0.1, 0.15) is 41.9 Å². The molecule has 1 N–H and O–H groups in total. The Kier molecular flexibility index (Phi) is 3.91. The van der Waals surface area contributed by atoms with E-state index in [0.29, 0.717) is 5.92 Å². The molecule has 0 saturated heterocycles. The van der Waals surface area contributed by atoms with Crippen LogP contribution in [0.25, 0.3) is 0 Å². The van der Waals surface area contributed by atoms with E-state index in [9.17, 15) is 0 Å². The first-order valence-corrected chi connectivity index (χ1v) is 6.50. The molecule has 0 bridgehead atoms. The quantitative estimate of drug-likeness (QED) is 0.887. The van der Waals surface area contributed by atoms with Crippen LogP contribution in [-0.2, 0) is 6.42 Å². The van der Waals surface area contributed by atoms with Crippen LogP contribution in [0.5, 0.6) is 0 Å². The normalized spacial score (nSPS) is 13.2. The average molecular weight is 251 g/mol. The van der Waals surface area contributed by atoms with E-state index in [1.54, 1.807) is 12.5 Å². The molecule has 2 rings (SSSR count). The van der Waals surface area contributed by atoms with Crippen LogP contribution < -0.4 is 5.32 Å². The van der Waals surface area contributed by atoms with Gasteiger partial charge in [0.1, 0.15) is 0 Å². The Morgan fingerprint density at radius 2 is 2.29 bits per heavy atom. The fraction of sp³-hybridized carbons (Fsp3) is 0.500. The van der Waals surface area contributed by atoms with Gasteiger partial charge in [0.2, 0.25) is 0 Å². The molecule has 0 fully saturated rings. The molecule has 0 amide bonds. The molecule has 2 heterocycles. The summed E-state index contributed by atoms with van der Waals surface area (Å²) in [5.74, 6) is 0.406. The summed E-state index contributed by atoms with van der Waals surface area (Å²) in [7, 11) is 1.97. The minimum Gasteiger partial charge on any atom is -0.472 e. The Balaban J connectivity index is 2.20. The van der Waals surface area contributed by atoms with Gasteiger partial charge in [-0.3, -0.25) is 0 Å². The maximum absolute atomic E-state index is 5.10. The third-order valence-electron chi connectivity index (χ3n) is 2.77. The van der Waals surface area contributed by atoms with Crippen molar-refractivity contribution in [3.8, 4) is 0 Å². The van der Waals surface area contributed by atoms with Gasteiger partial charge >= 0.3 is 0 Å². The first-order chi connectivity index (χ1) is 8.22. The molecule has 4 nitrogen and oxygen atoms in total. The van der Waals surface area contributed by atoms with Gasteiger partial charge < -0.3 is 9.73 Å². The zero-order valence-electron chi connectivity index (χ0n) is 10.3. The first-order valence-electron chi connectivity index (χ1n) is 5.72. The molecule has 5 heteroatoms. The highest BCUT2D eigenvalue weighted by Crippen LogP contribution is 2.28. The lowest BCUT2D eigenvalue weighted by Gasteiger charge is -2.15. The molecule has 1 atom stereocenters. The maximum Gasteiger partial charge on any atom is 0.0935 e. The molecule has 0 aromatic carbocycles. The van der Waals surface area contributed by atoms with Crippen molar-refractivity contribution in [1.82, 2.24) is 14.9 Å². The fourth-order valence-electron chi connectivity index (χ4n) is 1.82. The van der Waals surface area contributed by atoms with Crippen molar-refractivity contribution in [3.63, 3.8) is 0 Å². The van der Waals surface area contributed by atoms with E-state index in [2.05, 4.69) is 28.8 Å². The second kappa shape index (κ2) is 5.42. The van der Waals surface area contributed by atoms with Gasteiger partial charge in [-0.25, -0.2) is 0 Å². The number of aromatic nitrogens is 2. The Morgan fingerprint density at radius 3 is 2.88 bits per heavy atom. The van der Waals surface area contributed by atoms with Crippen LogP contribution in [0.2, 0.25) is 0 Å². The standard InChI is InChI=1S/C12H17N3OS/c1-8(2)11-12(17-15-14-11)10(13-3)6-9-4-5-16-7-9/h4-5,7-8,10,13H,6H2,1-3H3. The molecular formula is C12H17N3OS. The van der Waals surface area contributed by atoms with Gasteiger partial charge in [-0.2, -0.15) is 0 Å². The second-order valence-electron chi connectivity index (χ2n) is 4.35. The largest absolute Gasteiger partial charge is 0.472 e. The lowest BCUT2D eigenvalue weighted by molar-refractivity contribution is 0.551. The monoisotopic (exact) mass is 251 g/mol. The molecule has 0 spiro atoms. The van der Waals surface area contributed by atoms with E-state index in [0.717, 1.165) is 12.1 Å². The van der Waals surface area contributed by atoms with Crippen LogP contribution >= 0.6 is 11.5 Å². The SMILES string of the molecule is CNC(Cc1ccoc1)c1snnc1C(C)C. The summed E-state index contributed by atoms with van der Waals surface area (Å²) >= 11 is 1.48. The van der Waals surface area contributed by atoms with Crippen molar-refractivity contribution in [3.05, 3.63) is 34.7 Å². The molecule has 92 valence electrons. The summed E-state index contributed by atoms with van der Waals surface area (Å²) in [5.41, 5.74) is 2.28.